The molecule has 2 heterocycles. The molecule has 0 amide bonds. The van der Waals surface area contributed by atoms with Gasteiger partial charge in [-0.2, -0.15) is 0 Å². The summed E-state index contributed by atoms with van der Waals surface area (Å²) < 4.78 is 53.9. The van der Waals surface area contributed by atoms with Gasteiger partial charge in [-0.3, -0.25) is 5.43 Å². The number of alkyl halides is 2. The van der Waals surface area contributed by atoms with Crippen molar-refractivity contribution in [2.75, 3.05) is 0 Å². The average molecular weight is 312 g/mol. The summed E-state index contributed by atoms with van der Waals surface area (Å²) in [6.45, 7) is 2.23. The van der Waals surface area contributed by atoms with E-state index in [-0.39, 0.29) is 11.2 Å². The number of nitrogens with one attached hydrogen (secondary N) is 2. The van der Waals surface area contributed by atoms with Gasteiger partial charge in [0.15, 0.2) is 11.6 Å². The van der Waals surface area contributed by atoms with Crippen LogP contribution in [0.5, 0.6) is 0 Å². The molecule has 0 saturated carbocycles. The van der Waals surface area contributed by atoms with Crippen molar-refractivity contribution in [3.05, 3.63) is 47.6 Å². The number of rotatable bonds is 3. The molecular weight excluding hydrogens is 300 g/mol. The zero-order valence-electron chi connectivity index (χ0n) is 11.5. The molecule has 4 nitrogen and oxygen atoms in total. The van der Waals surface area contributed by atoms with E-state index < -0.39 is 18.1 Å². The number of hydrogen-bond donors (Lipinski definition) is 2. The molecule has 0 aliphatic carbocycles. The molecule has 0 unspecified atom stereocenters. The third-order valence-electron chi connectivity index (χ3n) is 3.35. The zero-order chi connectivity index (χ0) is 15.9. The monoisotopic (exact) mass is 312 g/mol. The molecule has 0 bridgehead atoms. The van der Waals surface area contributed by atoms with Gasteiger partial charge in [0.1, 0.15) is 5.82 Å². The van der Waals surface area contributed by atoms with Gasteiger partial charge in [-0.15, -0.1) is 0 Å². The largest absolute Gasteiger partial charge is 0.324 e. The molecule has 0 atom stereocenters. The van der Waals surface area contributed by atoms with Crippen LogP contribution in [0, 0.1) is 11.6 Å². The summed E-state index contributed by atoms with van der Waals surface area (Å²) in [7, 11) is 0. The van der Waals surface area contributed by atoms with Crippen LogP contribution < -0.4 is 10.9 Å². The predicted molar refractivity (Wildman–Crippen MR) is 73.7 cm³/mol. The number of aromatic nitrogens is 2. The summed E-state index contributed by atoms with van der Waals surface area (Å²) in [5, 5.41) is 0. The van der Waals surface area contributed by atoms with Gasteiger partial charge in [0.25, 0.3) is 6.43 Å². The van der Waals surface area contributed by atoms with Crippen molar-refractivity contribution in [1.29, 1.82) is 0 Å². The fraction of sp³-hybridized carbons (Fsp3) is 0.214. The van der Waals surface area contributed by atoms with Gasteiger partial charge in [-0.05, 0) is 13.0 Å². The number of hydrazine groups is 1. The number of allylic oxidation sites excluding steroid dienone is 3. The summed E-state index contributed by atoms with van der Waals surface area (Å²) in [4.78, 5) is 4.23. The fourth-order valence-electron chi connectivity index (χ4n) is 2.35. The standard InChI is InChI=1S/C14H12F4N4/c1-2-22-12-5-9(16)8(15)4-10(12)20-14(22)7-3-11(13(17)18)21-19-6-7/h3-6,13,19,21H,2H2,1H3. The molecule has 0 fully saturated rings. The fourth-order valence-corrected chi connectivity index (χ4v) is 2.35. The number of benzene rings is 1. The van der Waals surface area contributed by atoms with Crippen LogP contribution in [0.25, 0.3) is 16.6 Å². The first kappa shape index (κ1) is 14.4. The lowest BCUT2D eigenvalue weighted by Gasteiger charge is -2.17. The van der Waals surface area contributed by atoms with Crippen LogP contribution in [-0.4, -0.2) is 16.0 Å². The van der Waals surface area contributed by atoms with Gasteiger partial charge >= 0.3 is 0 Å². The van der Waals surface area contributed by atoms with Crippen molar-refractivity contribution in [3.63, 3.8) is 0 Å². The minimum atomic E-state index is -2.68. The Kier molecular flexibility index (Phi) is 3.51. The molecule has 1 aliphatic heterocycles. The third-order valence-corrected chi connectivity index (χ3v) is 3.35. The Hall–Kier alpha value is -2.51. The number of imidazole rings is 1. The van der Waals surface area contributed by atoms with Crippen LogP contribution >= 0.6 is 0 Å². The quantitative estimate of drug-likeness (QED) is 0.856. The molecule has 3 rings (SSSR count). The van der Waals surface area contributed by atoms with Crippen LogP contribution in [-0.2, 0) is 6.54 Å². The minimum absolute atomic E-state index is 0.266. The Balaban J connectivity index is 2.17. The second-order valence-electron chi connectivity index (χ2n) is 4.70. The highest BCUT2D eigenvalue weighted by atomic mass is 19.3. The predicted octanol–water partition coefficient (Wildman–Crippen LogP) is 2.93. The highest BCUT2D eigenvalue weighted by molar-refractivity contribution is 5.82. The van der Waals surface area contributed by atoms with Crippen molar-refractivity contribution in [1.82, 2.24) is 20.4 Å². The molecule has 0 spiro atoms. The first-order valence-corrected chi connectivity index (χ1v) is 6.58. The first-order valence-electron chi connectivity index (χ1n) is 6.58. The van der Waals surface area contributed by atoms with Crippen LogP contribution in [0.4, 0.5) is 17.6 Å². The van der Waals surface area contributed by atoms with E-state index in [0.717, 1.165) is 12.1 Å². The summed E-state index contributed by atoms with van der Waals surface area (Å²) in [5.74, 6) is -1.62. The Morgan fingerprint density at radius 2 is 1.95 bits per heavy atom. The molecule has 0 saturated heterocycles. The van der Waals surface area contributed by atoms with E-state index in [4.69, 9.17) is 0 Å². The molecule has 1 aromatic heterocycles. The van der Waals surface area contributed by atoms with E-state index in [1.54, 1.807) is 11.5 Å². The van der Waals surface area contributed by atoms with E-state index >= 15 is 0 Å². The lowest BCUT2D eigenvalue weighted by molar-refractivity contribution is 0.177. The average Bonchev–Trinajstić information content (AvgIpc) is 2.85. The van der Waals surface area contributed by atoms with Crippen molar-refractivity contribution in [2.45, 2.75) is 19.9 Å². The SMILES string of the molecule is CCn1c(C2=CNNC(C(F)F)=C2)nc2cc(F)c(F)cc21. The van der Waals surface area contributed by atoms with Gasteiger partial charge in [-0.1, -0.05) is 0 Å². The lowest BCUT2D eigenvalue weighted by Crippen LogP contribution is -2.32. The first-order chi connectivity index (χ1) is 10.5. The van der Waals surface area contributed by atoms with Crippen LogP contribution in [0.15, 0.2) is 30.1 Å². The number of aryl methyl sites for hydroxylation is 1. The maximum Gasteiger partial charge on any atom is 0.279 e. The van der Waals surface area contributed by atoms with Crippen LogP contribution in [0.1, 0.15) is 12.7 Å². The number of halogens is 4. The van der Waals surface area contributed by atoms with Crippen LogP contribution in [0.2, 0.25) is 0 Å². The Bertz CT molecular complexity index is 792. The van der Waals surface area contributed by atoms with Gasteiger partial charge in [0.2, 0.25) is 0 Å². The number of fused-ring (bicyclic) bond motifs is 1. The molecule has 2 aromatic rings. The second-order valence-corrected chi connectivity index (χ2v) is 4.70. The Morgan fingerprint density at radius 1 is 1.23 bits per heavy atom. The van der Waals surface area contributed by atoms with Crippen molar-refractivity contribution in [3.8, 4) is 0 Å². The van der Waals surface area contributed by atoms with E-state index in [0.29, 0.717) is 23.5 Å². The van der Waals surface area contributed by atoms with Gasteiger partial charge < -0.3 is 9.99 Å². The molecule has 116 valence electrons. The number of hydrogen-bond acceptors (Lipinski definition) is 3. The third kappa shape index (κ3) is 2.30. The van der Waals surface area contributed by atoms with Crippen molar-refractivity contribution in [2.24, 2.45) is 0 Å². The van der Waals surface area contributed by atoms with E-state index in [1.165, 1.54) is 12.3 Å². The van der Waals surface area contributed by atoms with Gasteiger partial charge in [0.05, 0.1) is 16.7 Å². The lowest BCUT2D eigenvalue weighted by atomic mass is 10.2. The molecule has 0 radical (unpaired) electrons. The Labute approximate surface area is 123 Å². The maximum absolute atomic E-state index is 13.4. The van der Waals surface area contributed by atoms with Crippen LogP contribution in [0.3, 0.4) is 0 Å². The van der Waals surface area contributed by atoms with E-state index in [1.807, 2.05) is 0 Å². The normalized spacial score (nSPS) is 14.6. The molecular formula is C14H12F4N4. The molecule has 1 aromatic carbocycles. The summed E-state index contributed by atoms with van der Waals surface area (Å²) in [5.41, 5.74) is 5.62. The van der Waals surface area contributed by atoms with E-state index in [9.17, 15) is 17.6 Å². The topological polar surface area (TPSA) is 41.9 Å². The molecule has 22 heavy (non-hydrogen) atoms. The van der Waals surface area contributed by atoms with Gasteiger partial charge in [-0.25, -0.2) is 22.5 Å². The number of nitrogens with zero attached hydrogens (tertiary/aromatic N) is 2. The summed E-state index contributed by atoms with van der Waals surface area (Å²) in [6.07, 6.45) is 0.0401. The highest BCUT2D eigenvalue weighted by Gasteiger charge is 2.20. The summed E-state index contributed by atoms with van der Waals surface area (Å²) >= 11 is 0. The minimum Gasteiger partial charge on any atom is -0.324 e. The second kappa shape index (κ2) is 5.36. The smallest absolute Gasteiger partial charge is 0.279 e. The molecule has 2 N–H and O–H groups in total. The maximum atomic E-state index is 13.4. The van der Waals surface area contributed by atoms with E-state index in [2.05, 4.69) is 15.8 Å². The van der Waals surface area contributed by atoms with Crippen molar-refractivity contribution >= 4 is 16.6 Å². The summed E-state index contributed by atoms with van der Waals surface area (Å²) in [6, 6.07) is 2.05. The Morgan fingerprint density at radius 3 is 2.64 bits per heavy atom. The molecule has 1 aliphatic rings. The van der Waals surface area contributed by atoms with Gasteiger partial charge in [0, 0.05) is 30.5 Å². The molecule has 8 heteroatoms. The van der Waals surface area contributed by atoms with Crippen molar-refractivity contribution < 1.29 is 17.6 Å². The zero-order valence-corrected chi connectivity index (χ0v) is 11.5. The highest BCUT2D eigenvalue weighted by Crippen LogP contribution is 2.26.